The highest BCUT2D eigenvalue weighted by atomic mass is 19.3. The first-order valence-corrected chi connectivity index (χ1v) is 5.50. The van der Waals surface area contributed by atoms with Gasteiger partial charge in [0.25, 0.3) is 12.3 Å². The summed E-state index contributed by atoms with van der Waals surface area (Å²) in [4.78, 5) is 13.0. The molecule has 2 rings (SSSR count). The van der Waals surface area contributed by atoms with Gasteiger partial charge < -0.3 is 15.2 Å². The van der Waals surface area contributed by atoms with Crippen molar-refractivity contribution in [3.8, 4) is 0 Å². The second-order valence-electron chi connectivity index (χ2n) is 4.37. The number of alkyl halides is 2. The van der Waals surface area contributed by atoms with Gasteiger partial charge in [0.15, 0.2) is 0 Å². The van der Waals surface area contributed by atoms with E-state index >= 15 is 0 Å². The molecule has 1 heterocycles. The topological polar surface area (TPSA) is 51.3 Å². The number of halogens is 2. The summed E-state index contributed by atoms with van der Waals surface area (Å²) in [7, 11) is 1.37. The normalized spacial score (nSPS) is 15.3. The lowest BCUT2D eigenvalue weighted by atomic mass is 10.3. The molecule has 1 aliphatic carbocycles. The van der Waals surface area contributed by atoms with Gasteiger partial charge in [0.2, 0.25) is 0 Å². The van der Waals surface area contributed by atoms with Crippen LogP contribution in [0.2, 0.25) is 0 Å². The van der Waals surface area contributed by atoms with E-state index < -0.39 is 18.9 Å². The Morgan fingerprint density at radius 2 is 2.29 bits per heavy atom. The number of hydrogen-bond donors (Lipinski definition) is 1. The molecule has 1 saturated carbocycles. The van der Waals surface area contributed by atoms with Gasteiger partial charge in [-0.1, -0.05) is 0 Å². The van der Waals surface area contributed by atoms with Crippen LogP contribution in [0, 0.1) is 0 Å². The number of aromatic nitrogens is 1. The van der Waals surface area contributed by atoms with E-state index in [1.807, 2.05) is 0 Å². The van der Waals surface area contributed by atoms with Crippen LogP contribution in [0.15, 0.2) is 12.3 Å². The van der Waals surface area contributed by atoms with Crippen molar-refractivity contribution in [2.24, 2.45) is 0 Å². The average molecular weight is 243 g/mol. The highest BCUT2D eigenvalue weighted by Crippen LogP contribution is 2.37. The summed E-state index contributed by atoms with van der Waals surface area (Å²) in [6.07, 6.45) is 1.19. The molecule has 4 nitrogen and oxygen atoms in total. The SMILES string of the molecule is CN(CC(F)F)C(=O)c1cc(N)cn1C1CC1. The lowest BCUT2D eigenvalue weighted by Crippen LogP contribution is -2.32. The van der Waals surface area contributed by atoms with Crippen molar-refractivity contribution in [1.82, 2.24) is 9.47 Å². The lowest BCUT2D eigenvalue weighted by molar-refractivity contribution is 0.0611. The first-order valence-electron chi connectivity index (χ1n) is 5.50. The summed E-state index contributed by atoms with van der Waals surface area (Å²) in [5.41, 5.74) is 6.53. The molecule has 0 aromatic carbocycles. The van der Waals surface area contributed by atoms with Crippen LogP contribution in [-0.2, 0) is 0 Å². The molecule has 2 N–H and O–H groups in total. The number of rotatable bonds is 4. The van der Waals surface area contributed by atoms with Gasteiger partial charge in [0, 0.05) is 19.3 Å². The van der Waals surface area contributed by atoms with Crippen LogP contribution in [0.4, 0.5) is 14.5 Å². The summed E-state index contributed by atoms with van der Waals surface area (Å²) in [5, 5.41) is 0. The number of nitrogens with two attached hydrogens (primary N) is 1. The summed E-state index contributed by atoms with van der Waals surface area (Å²) in [6, 6.07) is 1.84. The Balaban J connectivity index is 2.18. The number of anilines is 1. The first kappa shape index (κ1) is 11.9. The second kappa shape index (κ2) is 4.35. The molecule has 6 heteroatoms. The maximum Gasteiger partial charge on any atom is 0.270 e. The van der Waals surface area contributed by atoms with Crippen molar-refractivity contribution in [3.63, 3.8) is 0 Å². The van der Waals surface area contributed by atoms with Crippen molar-refractivity contribution in [2.45, 2.75) is 25.3 Å². The minimum absolute atomic E-state index is 0.297. The van der Waals surface area contributed by atoms with E-state index in [1.54, 1.807) is 16.8 Å². The number of carbonyl (C=O) groups excluding carboxylic acids is 1. The maximum atomic E-state index is 12.2. The molecule has 0 atom stereocenters. The molecule has 1 aromatic heterocycles. The molecular formula is C11H15F2N3O. The van der Waals surface area contributed by atoms with E-state index in [9.17, 15) is 13.6 Å². The molecule has 1 aliphatic rings. The minimum atomic E-state index is -2.52. The van der Waals surface area contributed by atoms with Crippen LogP contribution in [-0.4, -0.2) is 35.4 Å². The zero-order chi connectivity index (χ0) is 12.6. The molecule has 0 radical (unpaired) electrons. The summed E-state index contributed by atoms with van der Waals surface area (Å²) < 4.78 is 26.2. The summed E-state index contributed by atoms with van der Waals surface area (Å²) in [5.74, 6) is -0.408. The van der Waals surface area contributed by atoms with Crippen LogP contribution >= 0.6 is 0 Å². The minimum Gasteiger partial charge on any atom is -0.397 e. The van der Waals surface area contributed by atoms with E-state index in [0.29, 0.717) is 17.4 Å². The number of amides is 1. The molecule has 17 heavy (non-hydrogen) atoms. The standard InChI is InChI=1S/C11H15F2N3O/c1-15(6-10(12)13)11(17)9-4-7(14)5-16(9)8-2-3-8/h4-5,8,10H,2-3,6,14H2,1H3. The molecule has 0 bridgehead atoms. The fourth-order valence-electron chi connectivity index (χ4n) is 1.81. The van der Waals surface area contributed by atoms with Gasteiger partial charge >= 0.3 is 0 Å². The predicted octanol–water partition coefficient (Wildman–Crippen LogP) is 1.74. The molecule has 1 aromatic rings. The highest BCUT2D eigenvalue weighted by molar-refractivity contribution is 5.93. The lowest BCUT2D eigenvalue weighted by Gasteiger charge is -2.17. The van der Waals surface area contributed by atoms with Gasteiger partial charge in [-0.2, -0.15) is 0 Å². The number of nitrogens with zero attached hydrogens (tertiary/aromatic N) is 2. The third kappa shape index (κ3) is 2.57. The first-order chi connectivity index (χ1) is 7.99. The summed E-state index contributed by atoms with van der Waals surface area (Å²) in [6.45, 7) is -0.561. The Morgan fingerprint density at radius 3 is 2.82 bits per heavy atom. The quantitative estimate of drug-likeness (QED) is 0.875. The Morgan fingerprint density at radius 1 is 1.65 bits per heavy atom. The molecular weight excluding hydrogens is 228 g/mol. The van der Waals surface area contributed by atoms with Crippen molar-refractivity contribution in [3.05, 3.63) is 18.0 Å². The van der Waals surface area contributed by atoms with Gasteiger partial charge in [0.1, 0.15) is 5.69 Å². The monoisotopic (exact) mass is 243 g/mol. The third-order valence-corrected chi connectivity index (χ3v) is 2.79. The van der Waals surface area contributed by atoms with Crippen molar-refractivity contribution in [1.29, 1.82) is 0 Å². The van der Waals surface area contributed by atoms with Gasteiger partial charge in [-0.15, -0.1) is 0 Å². The van der Waals surface area contributed by atoms with Crippen molar-refractivity contribution < 1.29 is 13.6 Å². The molecule has 1 fully saturated rings. The zero-order valence-electron chi connectivity index (χ0n) is 9.57. The Kier molecular flexibility index (Phi) is 3.04. The van der Waals surface area contributed by atoms with Crippen molar-refractivity contribution in [2.75, 3.05) is 19.3 Å². The smallest absolute Gasteiger partial charge is 0.270 e. The maximum absolute atomic E-state index is 12.2. The van der Waals surface area contributed by atoms with E-state index in [0.717, 1.165) is 17.7 Å². The van der Waals surface area contributed by atoms with Gasteiger partial charge in [-0.05, 0) is 18.9 Å². The summed E-state index contributed by atoms with van der Waals surface area (Å²) >= 11 is 0. The average Bonchev–Trinajstić information content (AvgIpc) is 3.00. The molecule has 0 saturated heterocycles. The van der Waals surface area contributed by atoms with E-state index in [1.165, 1.54) is 7.05 Å². The largest absolute Gasteiger partial charge is 0.397 e. The highest BCUT2D eigenvalue weighted by Gasteiger charge is 2.29. The van der Waals surface area contributed by atoms with Crippen LogP contribution < -0.4 is 5.73 Å². The van der Waals surface area contributed by atoms with Crippen molar-refractivity contribution >= 4 is 11.6 Å². The van der Waals surface area contributed by atoms with E-state index in [4.69, 9.17) is 5.73 Å². The third-order valence-electron chi connectivity index (χ3n) is 2.79. The molecule has 0 aliphatic heterocycles. The van der Waals surface area contributed by atoms with E-state index in [-0.39, 0.29) is 0 Å². The fraction of sp³-hybridized carbons (Fsp3) is 0.545. The number of hydrogen-bond acceptors (Lipinski definition) is 2. The Labute approximate surface area is 98.0 Å². The number of nitrogen functional groups attached to an aromatic ring is 1. The fourth-order valence-corrected chi connectivity index (χ4v) is 1.81. The van der Waals surface area contributed by atoms with Gasteiger partial charge in [0.05, 0.1) is 12.2 Å². The molecule has 1 amide bonds. The zero-order valence-corrected chi connectivity index (χ0v) is 9.57. The Hall–Kier alpha value is -1.59. The molecule has 0 spiro atoms. The number of carbonyl (C=O) groups is 1. The van der Waals surface area contributed by atoms with E-state index in [2.05, 4.69) is 0 Å². The predicted molar refractivity (Wildman–Crippen MR) is 60.1 cm³/mol. The second-order valence-corrected chi connectivity index (χ2v) is 4.37. The van der Waals surface area contributed by atoms with Crippen LogP contribution in [0.1, 0.15) is 29.4 Å². The molecule has 94 valence electrons. The molecule has 0 unspecified atom stereocenters. The Bertz CT molecular complexity index is 426. The van der Waals surface area contributed by atoms with Crippen LogP contribution in [0.25, 0.3) is 0 Å². The van der Waals surface area contributed by atoms with Gasteiger partial charge in [-0.25, -0.2) is 8.78 Å². The van der Waals surface area contributed by atoms with Crippen LogP contribution in [0.3, 0.4) is 0 Å². The van der Waals surface area contributed by atoms with Crippen LogP contribution in [0.5, 0.6) is 0 Å². The van der Waals surface area contributed by atoms with Gasteiger partial charge in [-0.3, -0.25) is 4.79 Å².